The number of ether oxygens (including phenoxy) is 2. The summed E-state index contributed by atoms with van der Waals surface area (Å²) in [5.74, 6) is -1.04. The molecule has 2 fully saturated rings. The van der Waals surface area contributed by atoms with Gasteiger partial charge in [-0.2, -0.15) is 0 Å². The van der Waals surface area contributed by atoms with Crippen LogP contribution in [0, 0.1) is 0 Å². The van der Waals surface area contributed by atoms with Crippen LogP contribution in [0.3, 0.4) is 0 Å². The molecule has 4 amide bonds. The first-order valence-corrected chi connectivity index (χ1v) is 16.2. The molecule has 11 nitrogen and oxygen atoms in total. The molecule has 0 spiro atoms. The van der Waals surface area contributed by atoms with Gasteiger partial charge in [-0.3, -0.25) is 29.0 Å². The molecule has 0 bridgehead atoms. The Bertz CT molecular complexity index is 1460. The van der Waals surface area contributed by atoms with Crippen molar-refractivity contribution in [3.63, 3.8) is 0 Å². The number of piperidine rings is 1. The van der Waals surface area contributed by atoms with E-state index in [1.807, 2.05) is 26.0 Å². The van der Waals surface area contributed by atoms with E-state index in [1.54, 1.807) is 18.2 Å². The van der Waals surface area contributed by atoms with E-state index >= 15 is 0 Å². The van der Waals surface area contributed by atoms with Crippen molar-refractivity contribution < 1.29 is 28.7 Å². The van der Waals surface area contributed by atoms with Gasteiger partial charge in [-0.15, -0.1) is 0 Å². The summed E-state index contributed by atoms with van der Waals surface area (Å²) in [5, 5.41) is 3.31. The maximum absolute atomic E-state index is 13.5. The van der Waals surface area contributed by atoms with Crippen molar-refractivity contribution in [3.05, 3.63) is 53.6 Å². The number of likely N-dealkylation sites (N-methyl/N-ethyl adjacent to an activating group) is 2. The van der Waals surface area contributed by atoms with E-state index in [1.165, 1.54) is 12.7 Å². The number of carbonyl (C=O) groups excluding carboxylic acids is 4. The molecule has 248 valence electrons. The molecule has 0 aromatic heterocycles. The van der Waals surface area contributed by atoms with Crippen molar-refractivity contribution in [2.24, 2.45) is 0 Å². The summed E-state index contributed by atoms with van der Waals surface area (Å²) in [5.41, 5.74) is 1.39. The summed E-state index contributed by atoms with van der Waals surface area (Å²) in [6.07, 6.45) is 1.58. The number of piperazine rings is 1. The molecule has 1 unspecified atom stereocenters. The molecular weight excluding hydrogens is 586 g/mol. The quantitative estimate of drug-likeness (QED) is 0.347. The first-order chi connectivity index (χ1) is 21.8. The number of rotatable bonds is 12. The summed E-state index contributed by atoms with van der Waals surface area (Å²) in [6, 6.07) is 12.4. The fourth-order valence-corrected chi connectivity index (χ4v) is 6.17. The highest BCUT2D eigenvalue weighted by atomic mass is 16.5. The van der Waals surface area contributed by atoms with Crippen LogP contribution in [0.1, 0.15) is 74.1 Å². The highest BCUT2D eigenvalue weighted by Gasteiger charge is 2.47. The van der Waals surface area contributed by atoms with E-state index in [4.69, 9.17) is 9.47 Å². The van der Waals surface area contributed by atoms with Crippen LogP contribution in [0.5, 0.6) is 5.75 Å². The lowest BCUT2D eigenvalue weighted by Gasteiger charge is -2.34. The average molecular weight is 634 g/mol. The number of nitrogens with one attached hydrogen (secondary N) is 1. The second kappa shape index (κ2) is 13.4. The van der Waals surface area contributed by atoms with Crippen LogP contribution in [0.25, 0.3) is 0 Å². The van der Waals surface area contributed by atoms with Gasteiger partial charge in [-0.25, -0.2) is 0 Å². The third kappa shape index (κ3) is 7.36. The Morgan fingerprint density at radius 1 is 0.848 bits per heavy atom. The molecule has 3 heterocycles. The minimum absolute atomic E-state index is 0.105. The number of benzene rings is 2. The summed E-state index contributed by atoms with van der Waals surface area (Å²) < 4.78 is 12.6. The zero-order valence-corrected chi connectivity index (χ0v) is 27.9. The minimum atomic E-state index is -0.982. The van der Waals surface area contributed by atoms with Crippen molar-refractivity contribution in [2.75, 3.05) is 63.6 Å². The standard InChI is InChI=1S/C35H47N5O6/c1-34(2,45-23-17-35(3,4)46-25-12-10-24(11-13-25)39-21-19-37(5)20-22-39)16-18-36-27-9-7-8-26-30(27)33(44)40(31(26)42)28-14-15-29(41)38(6)32(28)43/h7-13,28,36H,14-23H2,1-6H3. The lowest BCUT2D eigenvalue weighted by atomic mass is 10.0. The molecule has 46 heavy (non-hydrogen) atoms. The van der Waals surface area contributed by atoms with Crippen molar-refractivity contribution >= 4 is 35.0 Å². The predicted molar refractivity (Wildman–Crippen MR) is 176 cm³/mol. The number of nitrogens with zero attached hydrogens (tertiary/aromatic N) is 4. The molecule has 11 heteroatoms. The Morgan fingerprint density at radius 2 is 1.54 bits per heavy atom. The van der Waals surface area contributed by atoms with E-state index in [-0.39, 0.29) is 29.9 Å². The van der Waals surface area contributed by atoms with Gasteiger partial charge >= 0.3 is 0 Å². The van der Waals surface area contributed by atoms with E-state index in [0.717, 1.165) is 41.7 Å². The Kier molecular flexibility index (Phi) is 9.74. The van der Waals surface area contributed by atoms with Gasteiger partial charge in [0, 0.05) is 64.0 Å². The number of carbonyl (C=O) groups is 4. The first kappa shape index (κ1) is 33.4. The second-order valence-corrected chi connectivity index (χ2v) is 13.7. The topological polar surface area (TPSA) is 112 Å². The summed E-state index contributed by atoms with van der Waals surface area (Å²) in [4.78, 5) is 58.1. The van der Waals surface area contributed by atoms with Crippen LogP contribution in [-0.2, 0) is 14.3 Å². The summed E-state index contributed by atoms with van der Waals surface area (Å²) in [7, 11) is 3.54. The first-order valence-electron chi connectivity index (χ1n) is 16.2. The molecular formula is C35H47N5O6. The average Bonchev–Trinajstić information content (AvgIpc) is 3.26. The van der Waals surface area contributed by atoms with Crippen LogP contribution in [0.4, 0.5) is 11.4 Å². The van der Waals surface area contributed by atoms with Crippen molar-refractivity contribution in [3.8, 4) is 5.75 Å². The molecule has 1 N–H and O–H groups in total. The fourth-order valence-electron chi connectivity index (χ4n) is 6.17. The predicted octanol–water partition coefficient (Wildman–Crippen LogP) is 4.03. The van der Waals surface area contributed by atoms with E-state index < -0.39 is 35.0 Å². The molecule has 5 rings (SSSR count). The monoisotopic (exact) mass is 633 g/mol. The summed E-state index contributed by atoms with van der Waals surface area (Å²) in [6.45, 7) is 13.4. The highest BCUT2D eigenvalue weighted by molar-refractivity contribution is 6.25. The van der Waals surface area contributed by atoms with Gasteiger partial charge in [-0.1, -0.05) is 6.07 Å². The molecule has 0 saturated carbocycles. The normalized spacial score (nSPS) is 19.6. The van der Waals surface area contributed by atoms with E-state index in [9.17, 15) is 19.2 Å². The molecule has 2 saturated heterocycles. The van der Waals surface area contributed by atoms with Crippen LogP contribution in [0.15, 0.2) is 42.5 Å². The maximum atomic E-state index is 13.5. The molecule has 2 aromatic carbocycles. The van der Waals surface area contributed by atoms with Crippen LogP contribution < -0.4 is 15.0 Å². The van der Waals surface area contributed by atoms with Crippen LogP contribution in [-0.4, -0.2) is 109 Å². The number of likely N-dealkylation sites (tertiary alicyclic amines) is 1. The van der Waals surface area contributed by atoms with Gasteiger partial charge < -0.3 is 24.6 Å². The SMILES string of the molecule is CN1CCN(c2ccc(OC(C)(C)CCOC(C)(C)CCNc3cccc4c3C(=O)N(C3CCC(=O)N(C)C3=O)C4=O)cc2)CC1. The van der Waals surface area contributed by atoms with Crippen molar-refractivity contribution in [1.29, 1.82) is 0 Å². The Morgan fingerprint density at radius 3 is 2.24 bits per heavy atom. The lowest BCUT2D eigenvalue weighted by Crippen LogP contribution is -2.54. The third-order valence-corrected chi connectivity index (χ3v) is 9.22. The molecule has 2 aromatic rings. The number of fused-ring (bicyclic) bond motifs is 1. The zero-order valence-electron chi connectivity index (χ0n) is 27.9. The molecule has 0 radical (unpaired) electrons. The second-order valence-electron chi connectivity index (χ2n) is 13.7. The van der Waals surface area contributed by atoms with Gasteiger partial charge in [-0.05, 0) is 84.0 Å². The van der Waals surface area contributed by atoms with E-state index in [2.05, 4.69) is 48.1 Å². The smallest absolute Gasteiger partial charge is 0.264 e. The number of amides is 4. The molecule has 1 atom stereocenters. The Balaban J connectivity index is 1.10. The molecule has 3 aliphatic heterocycles. The molecule has 3 aliphatic rings. The van der Waals surface area contributed by atoms with Crippen LogP contribution >= 0.6 is 0 Å². The zero-order chi connectivity index (χ0) is 33.2. The van der Waals surface area contributed by atoms with Gasteiger partial charge in [0.15, 0.2) is 0 Å². The Hall–Kier alpha value is -3.96. The largest absolute Gasteiger partial charge is 0.488 e. The number of hydrogen-bond donors (Lipinski definition) is 1. The van der Waals surface area contributed by atoms with Crippen molar-refractivity contribution in [2.45, 2.75) is 70.6 Å². The third-order valence-electron chi connectivity index (χ3n) is 9.22. The van der Waals surface area contributed by atoms with Gasteiger partial charge in [0.2, 0.25) is 5.91 Å². The Labute approximate surface area is 271 Å². The van der Waals surface area contributed by atoms with Gasteiger partial charge in [0.05, 0.1) is 23.3 Å². The number of hydrogen-bond acceptors (Lipinski definition) is 9. The number of imide groups is 2. The summed E-state index contributed by atoms with van der Waals surface area (Å²) >= 11 is 0. The fraction of sp³-hybridized carbons (Fsp3) is 0.543. The van der Waals surface area contributed by atoms with E-state index in [0.29, 0.717) is 31.7 Å². The minimum Gasteiger partial charge on any atom is -0.488 e. The molecule has 0 aliphatic carbocycles. The lowest BCUT2D eigenvalue weighted by molar-refractivity contribution is -0.149. The number of anilines is 2. The van der Waals surface area contributed by atoms with Gasteiger partial charge in [0.1, 0.15) is 17.4 Å². The highest BCUT2D eigenvalue weighted by Crippen LogP contribution is 2.33. The van der Waals surface area contributed by atoms with Crippen molar-refractivity contribution in [1.82, 2.24) is 14.7 Å². The maximum Gasteiger partial charge on any atom is 0.264 e. The van der Waals surface area contributed by atoms with Gasteiger partial charge in [0.25, 0.3) is 17.7 Å². The van der Waals surface area contributed by atoms with Crippen LogP contribution in [0.2, 0.25) is 0 Å².